The minimum atomic E-state index is -0.125. The molecule has 0 saturated heterocycles. The summed E-state index contributed by atoms with van der Waals surface area (Å²) >= 11 is 7.68. The highest BCUT2D eigenvalue weighted by Crippen LogP contribution is 2.36. The number of rotatable bonds is 6. The van der Waals surface area contributed by atoms with E-state index in [1.807, 2.05) is 0 Å². The highest BCUT2D eigenvalue weighted by molar-refractivity contribution is 8.00. The molecule has 0 aliphatic carbocycles. The Kier molecular flexibility index (Phi) is 7.06. The number of nitrogens with one attached hydrogen (secondary N) is 1. The molecular weight excluding hydrogens is 382 g/mol. The van der Waals surface area contributed by atoms with Gasteiger partial charge in [0.05, 0.1) is 30.7 Å². The van der Waals surface area contributed by atoms with Crippen LogP contribution >= 0.6 is 23.4 Å². The summed E-state index contributed by atoms with van der Waals surface area (Å²) in [5, 5.41) is 3.28. The Labute approximate surface area is 170 Å². The molecule has 0 bridgehead atoms. The Morgan fingerprint density at radius 3 is 2.37 bits per heavy atom. The molecule has 1 amide bonds. The Morgan fingerprint density at radius 1 is 1.11 bits per heavy atom. The van der Waals surface area contributed by atoms with Gasteiger partial charge in [-0.15, -0.1) is 11.8 Å². The molecule has 4 nitrogen and oxygen atoms in total. The van der Waals surface area contributed by atoms with Crippen molar-refractivity contribution >= 4 is 35.0 Å². The van der Waals surface area contributed by atoms with Crippen LogP contribution < -0.4 is 14.8 Å². The van der Waals surface area contributed by atoms with Crippen LogP contribution in [0.5, 0.6) is 11.5 Å². The predicted octanol–water partition coefficient (Wildman–Crippen LogP) is 5.69. The molecule has 0 atom stereocenters. The molecule has 2 rings (SSSR count). The molecule has 2 aromatic rings. The third-order valence-corrected chi connectivity index (χ3v) is 5.61. The molecule has 0 aliphatic heterocycles. The predicted molar refractivity (Wildman–Crippen MR) is 114 cm³/mol. The molecule has 0 fully saturated rings. The molecule has 0 spiro atoms. The summed E-state index contributed by atoms with van der Waals surface area (Å²) in [7, 11) is 3.07. The summed E-state index contributed by atoms with van der Waals surface area (Å²) in [5.41, 5.74) is 3.00. The van der Waals surface area contributed by atoms with E-state index in [9.17, 15) is 4.79 Å². The molecule has 1 N–H and O–H groups in total. The van der Waals surface area contributed by atoms with E-state index in [-0.39, 0.29) is 11.3 Å². The van der Waals surface area contributed by atoms with E-state index >= 15 is 0 Å². The number of hydrogen-bond acceptors (Lipinski definition) is 4. The average molecular weight is 408 g/mol. The van der Waals surface area contributed by atoms with Crippen LogP contribution in [-0.2, 0) is 10.2 Å². The summed E-state index contributed by atoms with van der Waals surface area (Å²) in [6, 6.07) is 9.70. The zero-order valence-corrected chi connectivity index (χ0v) is 18.2. The number of thioether (sulfide) groups is 1. The number of anilines is 1. The van der Waals surface area contributed by atoms with Crippen molar-refractivity contribution in [3.05, 3.63) is 46.5 Å². The van der Waals surface area contributed by atoms with E-state index < -0.39 is 0 Å². The molecule has 0 unspecified atom stereocenters. The fourth-order valence-corrected chi connectivity index (χ4v) is 3.62. The second-order valence-corrected chi connectivity index (χ2v) is 8.68. The monoisotopic (exact) mass is 407 g/mol. The topological polar surface area (TPSA) is 47.6 Å². The first-order valence-electron chi connectivity index (χ1n) is 8.61. The standard InChI is InChI=1S/C21H26ClNO3S/c1-13-7-8-14(21(2,3)4)9-19(13)27-12-20(24)23-16-10-15(22)17(25-5)11-18(16)26-6/h7-11H,12H2,1-6H3,(H,23,24). The Morgan fingerprint density at radius 2 is 1.78 bits per heavy atom. The van der Waals surface area contributed by atoms with Crippen molar-refractivity contribution in [2.75, 3.05) is 25.3 Å². The number of benzene rings is 2. The van der Waals surface area contributed by atoms with Gasteiger partial charge in [-0.05, 0) is 35.6 Å². The maximum absolute atomic E-state index is 12.5. The van der Waals surface area contributed by atoms with Crippen molar-refractivity contribution in [2.45, 2.75) is 38.0 Å². The van der Waals surface area contributed by atoms with Gasteiger partial charge < -0.3 is 14.8 Å². The number of ether oxygens (including phenoxy) is 2. The highest BCUT2D eigenvalue weighted by Gasteiger charge is 2.16. The maximum Gasteiger partial charge on any atom is 0.234 e. The van der Waals surface area contributed by atoms with E-state index in [0.717, 1.165) is 10.5 Å². The van der Waals surface area contributed by atoms with Crippen LogP contribution in [0, 0.1) is 6.92 Å². The second kappa shape index (κ2) is 8.89. The van der Waals surface area contributed by atoms with Gasteiger partial charge in [-0.2, -0.15) is 0 Å². The lowest BCUT2D eigenvalue weighted by atomic mass is 9.87. The fraction of sp³-hybridized carbons (Fsp3) is 0.381. The zero-order valence-electron chi connectivity index (χ0n) is 16.6. The first kappa shape index (κ1) is 21.5. The molecule has 0 radical (unpaired) electrons. The largest absolute Gasteiger partial charge is 0.495 e. The van der Waals surface area contributed by atoms with Gasteiger partial charge in [0.1, 0.15) is 11.5 Å². The summed E-state index contributed by atoms with van der Waals surface area (Å²) in [5.74, 6) is 1.16. The Balaban J connectivity index is 2.10. The normalized spacial score (nSPS) is 11.2. The third-order valence-electron chi connectivity index (χ3n) is 4.16. The highest BCUT2D eigenvalue weighted by atomic mass is 35.5. The van der Waals surface area contributed by atoms with Gasteiger partial charge in [-0.3, -0.25) is 4.79 Å². The van der Waals surface area contributed by atoms with Crippen LogP contribution in [-0.4, -0.2) is 25.9 Å². The maximum atomic E-state index is 12.5. The van der Waals surface area contributed by atoms with E-state index in [1.54, 1.807) is 12.1 Å². The summed E-state index contributed by atoms with van der Waals surface area (Å²) in [4.78, 5) is 13.6. The lowest BCUT2D eigenvalue weighted by molar-refractivity contribution is -0.113. The van der Waals surface area contributed by atoms with Crippen LogP contribution in [0.15, 0.2) is 35.2 Å². The number of carbonyl (C=O) groups is 1. The van der Waals surface area contributed by atoms with Gasteiger partial charge in [0, 0.05) is 11.0 Å². The molecule has 0 aromatic heterocycles. The lowest BCUT2D eigenvalue weighted by Gasteiger charge is -2.20. The van der Waals surface area contributed by atoms with Crippen LogP contribution in [0.25, 0.3) is 0 Å². The van der Waals surface area contributed by atoms with Gasteiger partial charge >= 0.3 is 0 Å². The number of amides is 1. The molecule has 2 aromatic carbocycles. The smallest absolute Gasteiger partial charge is 0.234 e. The van der Waals surface area contributed by atoms with E-state index in [1.165, 1.54) is 31.5 Å². The van der Waals surface area contributed by atoms with Crippen LogP contribution in [0.3, 0.4) is 0 Å². The van der Waals surface area contributed by atoms with Crippen molar-refractivity contribution in [3.63, 3.8) is 0 Å². The molecule has 0 saturated carbocycles. The van der Waals surface area contributed by atoms with Crippen molar-refractivity contribution < 1.29 is 14.3 Å². The first-order valence-corrected chi connectivity index (χ1v) is 9.97. The molecule has 146 valence electrons. The van der Waals surface area contributed by atoms with Crippen LogP contribution in [0.1, 0.15) is 31.9 Å². The van der Waals surface area contributed by atoms with Crippen molar-refractivity contribution in [3.8, 4) is 11.5 Å². The molecule has 0 heterocycles. The number of methoxy groups -OCH3 is 2. The Hall–Kier alpha value is -1.85. The summed E-state index contributed by atoms with van der Waals surface area (Å²) < 4.78 is 10.5. The van der Waals surface area contributed by atoms with E-state index in [4.69, 9.17) is 21.1 Å². The quantitative estimate of drug-likeness (QED) is 0.624. The van der Waals surface area contributed by atoms with E-state index in [2.05, 4.69) is 51.2 Å². The Bertz CT molecular complexity index is 831. The lowest BCUT2D eigenvalue weighted by Crippen LogP contribution is -2.15. The van der Waals surface area contributed by atoms with Crippen molar-refractivity contribution in [1.29, 1.82) is 0 Å². The van der Waals surface area contributed by atoms with E-state index in [0.29, 0.717) is 28.0 Å². The number of halogens is 1. The molecule has 0 aliphatic rings. The number of hydrogen-bond donors (Lipinski definition) is 1. The van der Waals surface area contributed by atoms with Gasteiger partial charge in [-0.25, -0.2) is 0 Å². The molecule has 6 heteroatoms. The average Bonchev–Trinajstić information content (AvgIpc) is 2.60. The molecule has 27 heavy (non-hydrogen) atoms. The minimum absolute atomic E-state index is 0.0679. The molecular formula is C21H26ClNO3S. The number of aryl methyl sites for hydroxylation is 1. The van der Waals surface area contributed by atoms with Crippen LogP contribution in [0.2, 0.25) is 5.02 Å². The summed E-state index contributed by atoms with van der Waals surface area (Å²) in [6.07, 6.45) is 0. The van der Waals surface area contributed by atoms with Gasteiger partial charge in [0.2, 0.25) is 5.91 Å². The SMILES string of the molecule is COc1cc(OC)c(NC(=O)CSc2cc(C(C)(C)C)ccc2C)cc1Cl. The second-order valence-electron chi connectivity index (χ2n) is 7.25. The fourth-order valence-electron chi connectivity index (χ4n) is 2.51. The van der Waals surface area contributed by atoms with Crippen molar-refractivity contribution in [2.24, 2.45) is 0 Å². The van der Waals surface area contributed by atoms with Gasteiger partial charge in [0.25, 0.3) is 0 Å². The summed E-state index contributed by atoms with van der Waals surface area (Å²) in [6.45, 7) is 8.59. The van der Waals surface area contributed by atoms with Crippen LogP contribution in [0.4, 0.5) is 5.69 Å². The van der Waals surface area contributed by atoms with Gasteiger partial charge in [-0.1, -0.05) is 44.5 Å². The third kappa shape index (κ3) is 5.56. The zero-order chi connectivity index (χ0) is 20.2. The number of carbonyl (C=O) groups excluding carboxylic acids is 1. The minimum Gasteiger partial charge on any atom is -0.495 e. The van der Waals surface area contributed by atoms with Crippen molar-refractivity contribution in [1.82, 2.24) is 0 Å². The van der Waals surface area contributed by atoms with Gasteiger partial charge in [0.15, 0.2) is 0 Å². The first-order chi connectivity index (χ1) is 12.7.